The van der Waals surface area contributed by atoms with E-state index in [-0.39, 0.29) is 17.7 Å². The van der Waals surface area contributed by atoms with E-state index >= 15 is 0 Å². The highest BCUT2D eigenvalue weighted by molar-refractivity contribution is 9.10. The molecule has 0 bridgehead atoms. The predicted molar refractivity (Wildman–Crippen MR) is 112 cm³/mol. The van der Waals surface area contributed by atoms with Gasteiger partial charge in [-0.3, -0.25) is 9.59 Å². The van der Waals surface area contributed by atoms with E-state index in [2.05, 4.69) is 41.2 Å². The minimum absolute atomic E-state index is 0.0458. The minimum Gasteiger partial charge on any atom is -0.339 e. The summed E-state index contributed by atoms with van der Waals surface area (Å²) in [5.74, 6) is 0.354. The Kier molecular flexibility index (Phi) is 6.32. The number of halogens is 1. The molecule has 1 aliphatic heterocycles. The van der Waals surface area contributed by atoms with Crippen molar-refractivity contribution in [3.63, 3.8) is 0 Å². The number of rotatable bonds is 4. The second-order valence-corrected chi connectivity index (χ2v) is 8.22. The van der Waals surface area contributed by atoms with Crippen molar-refractivity contribution >= 4 is 33.4 Å². The molecule has 2 amide bonds. The molecule has 2 aromatic carbocycles. The van der Waals surface area contributed by atoms with Gasteiger partial charge in [-0.05, 0) is 54.7 Å². The lowest BCUT2D eigenvalue weighted by molar-refractivity contribution is -0.121. The summed E-state index contributed by atoms with van der Waals surface area (Å²) >= 11 is 3.50. The standard InChI is InChI=1S/C22H25BrN2O2/c1-15(2)19-14-18(23)8-9-20(19)24-21(26)16-10-12-25(13-11-16)22(27)17-6-4-3-5-7-17/h3-9,14-16H,10-13H2,1-2H3,(H,24,26). The Hall–Kier alpha value is -2.14. The van der Waals surface area contributed by atoms with Gasteiger partial charge in [-0.25, -0.2) is 0 Å². The molecule has 1 heterocycles. The number of hydrogen-bond donors (Lipinski definition) is 1. The number of carbonyl (C=O) groups is 2. The molecule has 4 nitrogen and oxygen atoms in total. The number of anilines is 1. The van der Waals surface area contributed by atoms with Crippen molar-refractivity contribution in [3.05, 3.63) is 64.1 Å². The summed E-state index contributed by atoms with van der Waals surface area (Å²) in [6, 6.07) is 15.3. The summed E-state index contributed by atoms with van der Waals surface area (Å²) in [5.41, 5.74) is 2.70. The first-order valence-electron chi connectivity index (χ1n) is 9.40. The molecule has 142 valence electrons. The van der Waals surface area contributed by atoms with Crippen LogP contribution in [0.2, 0.25) is 0 Å². The molecule has 0 unspecified atom stereocenters. The molecule has 0 aromatic heterocycles. The number of nitrogens with one attached hydrogen (secondary N) is 1. The van der Waals surface area contributed by atoms with Gasteiger partial charge in [-0.15, -0.1) is 0 Å². The van der Waals surface area contributed by atoms with E-state index in [0.29, 0.717) is 37.4 Å². The molecule has 0 spiro atoms. The third kappa shape index (κ3) is 4.78. The van der Waals surface area contributed by atoms with Crippen LogP contribution in [0.4, 0.5) is 5.69 Å². The summed E-state index contributed by atoms with van der Waals surface area (Å²) in [4.78, 5) is 27.1. The van der Waals surface area contributed by atoms with E-state index in [1.807, 2.05) is 47.4 Å². The monoisotopic (exact) mass is 428 g/mol. The molecule has 27 heavy (non-hydrogen) atoms. The molecule has 1 aliphatic rings. The third-order valence-electron chi connectivity index (χ3n) is 5.07. The molecule has 1 saturated heterocycles. The van der Waals surface area contributed by atoms with Crippen LogP contribution in [0.1, 0.15) is 48.5 Å². The molecule has 5 heteroatoms. The lowest BCUT2D eigenvalue weighted by Crippen LogP contribution is -2.41. The van der Waals surface area contributed by atoms with Crippen LogP contribution in [0.25, 0.3) is 0 Å². The number of benzene rings is 2. The van der Waals surface area contributed by atoms with Gasteiger partial charge in [0.25, 0.3) is 5.91 Å². The summed E-state index contributed by atoms with van der Waals surface area (Å²) in [6.07, 6.45) is 1.38. The van der Waals surface area contributed by atoms with E-state index in [4.69, 9.17) is 0 Å². The van der Waals surface area contributed by atoms with Gasteiger partial charge in [0.2, 0.25) is 5.91 Å². The quantitative estimate of drug-likeness (QED) is 0.739. The molecule has 0 aliphatic carbocycles. The van der Waals surface area contributed by atoms with Crippen molar-refractivity contribution in [2.75, 3.05) is 18.4 Å². The van der Waals surface area contributed by atoms with Crippen LogP contribution in [0.5, 0.6) is 0 Å². The summed E-state index contributed by atoms with van der Waals surface area (Å²) in [6.45, 7) is 5.46. The first-order chi connectivity index (χ1) is 13.0. The SMILES string of the molecule is CC(C)c1cc(Br)ccc1NC(=O)C1CCN(C(=O)c2ccccc2)CC1. The second kappa shape index (κ2) is 8.70. The number of hydrogen-bond acceptors (Lipinski definition) is 2. The molecule has 1 fully saturated rings. The maximum Gasteiger partial charge on any atom is 0.253 e. The summed E-state index contributed by atoms with van der Waals surface area (Å²) in [5, 5.41) is 3.10. The van der Waals surface area contributed by atoms with Crippen LogP contribution < -0.4 is 5.32 Å². The number of amides is 2. The first kappa shape index (κ1) is 19.6. The molecule has 3 rings (SSSR count). The maximum atomic E-state index is 12.7. The Balaban J connectivity index is 1.60. The van der Waals surface area contributed by atoms with Crippen molar-refractivity contribution < 1.29 is 9.59 Å². The lowest BCUT2D eigenvalue weighted by atomic mass is 9.94. The van der Waals surface area contributed by atoms with E-state index in [0.717, 1.165) is 15.7 Å². The first-order valence-corrected chi connectivity index (χ1v) is 10.2. The normalized spacial score (nSPS) is 15.0. The Morgan fingerprint density at radius 2 is 1.74 bits per heavy atom. The Bertz CT molecular complexity index is 812. The van der Waals surface area contributed by atoms with Crippen LogP contribution in [-0.2, 0) is 4.79 Å². The van der Waals surface area contributed by atoms with Crippen molar-refractivity contribution in [3.8, 4) is 0 Å². The van der Waals surface area contributed by atoms with Crippen LogP contribution in [-0.4, -0.2) is 29.8 Å². The average Bonchev–Trinajstić information content (AvgIpc) is 2.69. The van der Waals surface area contributed by atoms with Gasteiger partial charge in [0.15, 0.2) is 0 Å². The molecular weight excluding hydrogens is 404 g/mol. The third-order valence-corrected chi connectivity index (χ3v) is 5.56. The van der Waals surface area contributed by atoms with Crippen LogP contribution in [0.15, 0.2) is 53.0 Å². The lowest BCUT2D eigenvalue weighted by Gasteiger charge is -2.31. The molecule has 0 atom stereocenters. The van der Waals surface area contributed by atoms with Crippen molar-refractivity contribution in [1.29, 1.82) is 0 Å². The Labute approximate surface area is 169 Å². The van der Waals surface area contributed by atoms with Crippen LogP contribution in [0.3, 0.4) is 0 Å². The largest absolute Gasteiger partial charge is 0.339 e. The molecule has 0 radical (unpaired) electrons. The van der Waals surface area contributed by atoms with Gasteiger partial charge in [0.1, 0.15) is 0 Å². The van der Waals surface area contributed by atoms with Gasteiger partial charge in [0, 0.05) is 34.7 Å². The zero-order valence-electron chi connectivity index (χ0n) is 15.7. The Morgan fingerprint density at radius 1 is 1.07 bits per heavy atom. The van der Waals surface area contributed by atoms with E-state index in [9.17, 15) is 9.59 Å². The molecule has 0 saturated carbocycles. The minimum atomic E-state index is -0.0616. The van der Waals surface area contributed by atoms with Crippen LogP contribution >= 0.6 is 15.9 Å². The number of nitrogens with zero attached hydrogens (tertiary/aromatic N) is 1. The van der Waals surface area contributed by atoms with Crippen molar-refractivity contribution in [1.82, 2.24) is 4.90 Å². The average molecular weight is 429 g/mol. The van der Waals surface area contributed by atoms with E-state index < -0.39 is 0 Å². The van der Waals surface area contributed by atoms with Gasteiger partial charge in [-0.2, -0.15) is 0 Å². The number of likely N-dealkylation sites (tertiary alicyclic amines) is 1. The number of carbonyl (C=O) groups excluding carboxylic acids is 2. The fourth-order valence-electron chi connectivity index (χ4n) is 3.47. The van der Waals surface area contributed by atoms with Gasteiger partial charge < -0.3 is 10.2 Å². The number of piperidine rings is 1. The van der Waals surface area contributed by atoms with E-state index in [1.165, 1.54) is 0 Å². The van der Waals surface area contributed by atoms with Crippen molar-refractivity contribution in [2.45, 2.75) is 32.6 Å². The van der Waals surface area contributed by atoms with Crippen LogP contribution in [0, 0.1) is 5.92 Å². The topological polar surface area (TPSA) is 49.4 Å². The van der Waals surface area contributed by atoms with Crippen molar-refractivity contribution in [2.24, 2.45) is 5.92 Å². The predicted octanol–water partition coefficient (Wildman–Crippen LogP) is 5.06. The molecule has 2 aromatic rings. The summed E-state index contributed by atoms with van der Waals surface area (Å²) in [7, 11) is 0. The second-order valence-electron chi connectivity index (χ2n) is 7.31. The maximum absolute atomic E-state index is 12.7. The zero-order valence-corrected chi connectivity index (χ0v) is 17.3. The van der Waals surface area contributed by atoms with Gasteiger partial charge >= 0.3 is 0 Å². The molecule has 1 N–H and O–H groups in total. The highest BCUT2D eigenvalue weighted by atomic mass is 79.9. The fourth-order valence-corrected chi connectivity index (χ4v) is 3.85. The fraction of sp³-hybridized carbons (Fsp3) is 0.364. The summed E-state index contributed by atoms with van der Waals surface area (Å²) < 4.78 is 1.01. The van der Waals surface area contributed by atoms with E-state index in [1.54, 1.807) is 0 Å². The van der Waals surface area contributed by atoms with Gasteiger partial charge in [0.05, 0.1) is 0 Å². The highest BCUT2D eigenvalue weighted by Crippen LogP contribution is 2.29. The molecular formula is C22H25BrN2O2. The highest BCUT2D eigenvalue weighted by Gasteiger charge is 2.28. The Morgan fingerprint density at radius 3 is 2.37 bits per heavy atom. The van der Waals surface area contributed by atoms with Gasteiger partial charge in [-0.1, -0.05) is 48.0 Å². The smallest absolute Gasteiger partial charge is 0.253 e. The zero-order chi connectivity index (χ0) is 19.4.